The summed E-state index contributed by atoms with van der Waals surface area (Å²) in [6.45, 7) is 0.854. The molecule has 1 aromatic carbocycles. The summed E-state index contributed by atoms with van der Waals surface area (Å²) >= 11 is 5.93. The van der Waals surface area contributed by atoms with E-state index in [2.05, 4.69) is 4.98 Å². The van der Waals surface area contributed by atoms with Crippen molar-refractivity contribution < 1.29 is 5.11 Å². The molecule has 2 rings (SSSR count). The standard InChI is InChI=1S/C11H12ClN3O2/c12-11-14-7-3-1-4-8(16)9(7)10(17)15(11)6-2-5-13/h1,3-4,16H,2,5-6,13H2. The van der Waals surface area contributed by atoms with E-state index in [0.29, 0.717) is 25.0 Å². The number of rotatable bonds is 3. The molecule has 3 N–H and O–H groups in total. The van der Waals surface area contributed by atoms with Gasteiger partial charge in [-0.05, 0) is 36.7 Å². The van der Waals surface area contributed by atoms with Crippen LogP contribution in [0.2, 0.25) is 5.28 Å². The van der Waals surface area contributed by atoms with Crippen LogP contribution in [0.15, 0.2) is 23.0 Å². The van der Waals surface area contributed by atoms with Gasteiger partial charge in [0.2, 0.25) is 5.28 Å². The molecule has 0 spiro atoms. The molecule has 6 heteroatoms. The van der Waals surface area contributed by atoms with Crippen molar-refractivity contribution in [2.24, 2.45) is 5.73 Å². The number of aromatic hydroxyl groups is 1. The number of nitrogens with two attached hydrogens (primary N) is 1. The largest absolute Gasteiger partial charge is 0.507 e. The van der Waals surface area contributed by atoms with Crippen LogP contribution in [0.4, 0.5) is 0 Å². The number of halogens is 1. The van der Waals surface area contributed by atoms with Gasteiger partial charge in [0, 0.05) is 6.54 Å². The van der Waals surface area contributed by atoms with E-state index in [4.69, 9.17) is 17.3 Å². The Balaban J connectivity index is 2.70. The van der Waals surface area contributed by atoms with Gasteiger partial charge in [0.15, 0.2) is 0 Å². The molecule has 0 atom stereocenters. The molecule has 0 amide bonds. The Kier molecular flexibility index (Phi) is 3.31. The van der Waals surface area contributed by atoms with Crippen LogP contribution in [0.5, 0.6) is 5.75 Å². The molecule has 90 valence electrons. The molecule has 0 aliphatic heterocycles. The molecule has 0 bridgehead atoms. The van der Waals surface area contributed by atoms with Gasteiger partial charge in [-0.15, -0.1) is 0 Å². The lowest BCUT2D eigenvalue weighted by atomic mass is 10.2. The third kappa shape index (κ3) is 2.11. The predicted molar refractivity (Wildman–Crippen MR) is 66.3 cm³/mol. The van der Waals surface area contributed by atoms with Crippen LogP contribution in [-0.2, 0) is 6.54 Å². The van der Waals surface area contributed by atoms with E-state index in [1.54, 1.807) is 12.1 Å². The summed E-state index contributed by atoms with van der Waals surface area (Å²) in [5, 5.41) is 9.97. The molecule has 0 radical (unpaired) electrons. The van der Waals surface area contributed by atoms with Gasteiger partial charge in [-0.3, -0.25) is 9.36 Å². The number of hydrogen-bond acceptors (Lipinski definition) is 4. The number of fused-ring (bicyclic) bond motifs is 1. The third-order valence-electron chi connectivity index (χ3n) is 2.50. The summed E-state index contributed by atoms with van der Waals surface area (Å²) in [6, 6.07) is 4.70. The Hall–Kier alpha value is -1.59. The zero-order valence-electron chi connectivity index (χ0n) is 9.06. The fraction of sp³-hybridized carbons (Fsp3) is 0.273. The smallest absolute Gasteiger partial charge is 0.266 e. The molecule has 2 aromatic rings. The molecule has 1 heterocycles. The van der Waals surface area contributed by atoms with Crippen molar-refractivity contribution in [2.45, 2.75) is 13.0 Å². The number of nitrogens with zero attached hydrogens (tertiary/aromatic N) is 2. The van der Waals surface area contributed by atoms with E-state index < -0.39 is 0 Å². The van der Waals surface area contributed by atoms with Crippen molar-refractivity contribution in [1.29, 1.82) is 0 Å². The van der Waals surface area contributed by atoms with Gasteiger partial charge in [-0.25, -0.2) is 4.98 Å². The minimum absolute atomic E-state index is 0.0850. The zero-order chi connectivity index (χ0) is 12.4. The fourth-order valence-corrected chi connectivity index (χ4v) is 1.91. The Morgan fingerprint density at radius 1 is 1.47 bits per heavy atom. The van der Waals surface area contributed by atoms with Crippen molar-refractivity contribution >= 4 is 22.5 Å². The van der Waals surface area contributed by atoms with Crippen molar-refractivity contribution in [3.63, 3.8) is 0 Å². The Morgan fingerprint density at radius 2 is 2.24 bits per heavy atom. The van der Waals surface area contributed by atoms with Gasteiger partial charge in [-0.2, -0.15) is 0 Å². The molecule has 0 aliphatic carbocycles. The molecule has 0 fully saturated rings. The van der Waals surface area contributed by atoms with Crippen LogP contribution >= 0.6 is 11.6 Å². The molecular formula is C11H12ClN3O2. The number of benzene rings is 1. The first-order chi connectivity index (χ1) is 8.15. The minimum atomic E-state index is -0.341. The first-order valence-corrected chi connectivity index (χ1v) is 5.61. The Labute approximate surface area is 102 Å². The van der Waals surface area contributed by atoms with Crippen molar-refractivity contribution in [2.75, 3.05) is 6.54 Å². The second-order valence-corrected chi connectivity index (χ2v) is 3.99. The highest BCUT2D eigenvalue weighted by atomic mass is 35.5. The van der Waals surface area contributed by atoms with Crippen molar-refractivity contribution in [1.82, 2.24) is 9.55 Å². The predicted octanol–water partition coefficient (Wildman–Crippen LogP) is 1.10. The molecule has 0 saturated heterocycles. The average Bonchev–Trinajstić information content (AvgIpc) is 2.28. The summed E-state index contributed by atoms with van der Waals surface area (Å²) in [4.78, 5) is 16.2. The zero-order valence-corrected chi connectivity index (χ0v) is 9.81. The van der Waals surface area contributed by atoms with Crippen LogP contribution in [0.3, 0.4) is 0 Å². The maximum atomic E-state index is 12.1. The number of hydrogen-bond donors (Lipinski definition) is 2. The Bertz CT molecular complexity index is 609. The highest BCUT2D eigenvalue weighted by Crippen LogP contribution is 2.20. The minimum Gasteiger partial charge on any atom is -0.507 e. The highest BCUT2D eigenvalue weighted by molar-refractivity contribution is 6.28. The van der Waals surface area contributed by atoms with Gasteiger partial charge < -0.3 is 10.8 Å². The van der Waals surface area contributed by atoms with Crippen LogP contribution in [-0.4, -0.2) is 21.2 Å². The van der Waals surface area contributed by atoms with Crippen LogP contribution in [0.1, 0.15) is 6.42 Å². The van der Waals surface area contributed by atoms with E-state index in [-0.39, 0.29) is 22.0 Å². The lowest BCUT2D eigenvalue weighted by Crippen LogP contribution is -2.23. The van der Waals surface area contributed by atoms with Gasteiger partial charge in [0.25, 0.3) is 5.56 Å². The molecule has 17 heavy (non-hydrogen) atoms. The van der Waals surface area contributed by atoms with E-state index in [9.17, 15) is 9.90 Å². The molecule has 5 nitrogen and oxygen atoms in total. The van der Waals surface area contributed by atoms with Crippen LogP contribution < -0.4 is 11.3 Å². The second kappa shape index (κ2) is 4.73. The van der Waals surface area contributed by atoms with E-state index >= 15 is 0 Å². The average molecular weight is 254 g/mol. The van der Waals surface area contributed by atoms with Crippen LogP contribution in [0, 0.1) is 0 Å². The first kappa shape index (κ1) is 11.9. The number of phenols is 1. The van der Waals surface area contributed by atoms with Gasteiger partial charge >= 0.3 is 0 Å². The first-order valence-electron chi connectivity index (χ1n) is 5.23. The highest BCUT2D eigenvalue weighted by Gasteiger charge is 2.11. The Morgan fingerprint density at radius 3 is 2.94 bits per heavy atom. The lowest BCUT2D eigenvalue weighted by Gasteiger charge is -2.09. The van der Waals surface area contributed by atoms with E-state index in [1.807, 2.05) is 0 Å². The molecule has 0 saturated carbocycles. The number of phenolic OH excluding ortho intramolecular Hbond substituents is 1. The second-order valence-electron chi connectivity index (χ2n) is 3.65. The normalized spacial score (nSPS) is 10.9. The summed E-state index contributed by atoms with van der Waals surface area (Å²) in [5.74, 6) is -0.0850. The van der Waals surface area contributed by atoms with Crippen molar-refractivity contribution in [3.05, 3.63) is 33.8 Å². The van der Waals surface area contributed by atoms with Gasteiger partial charge in [0.1, 0.15) is 11.1 Å². The van der Waals surface area contributed by atoms with Crippen LogP contribution in [0.25, 0.3) is 10.9 Å². The molecular weight excluding hydrogens is 242 g/mol. The monoisotopic (exact) mass is 253 g/mol. The fourth-order valence-electron chi connectivity index (χ4n) is 1.66. The maximum absolute atomic E-state index is 12.1. The number of aromatic nitrogens is 2. The molecule has 0 aliphatic rings. The summed E-state index contributed by atoms with van der Waals surface area (Å²) in [5.41, 5.74) is 5.44. The maximum Gasteiger partial charge on any atom is 0.266 e. The lowest BCUT2D eigenvalue weighted by molar-refractivity contribution is 0.480. The summed E-state index contributed by atoms with van der Waals surface area (Å²) in [7, 11) is 0. The quantitative estimate of drug-likeness (QED) is 0.803. The molecule has 1 aromatic heterocycles. The summed E-state index contributed by atoms with van der Waals surface area (Å²) in [6.07, 6.45) is 0.625. The van der Waals surface area contributed by atoms with Gasteiger partial charge in [-0.1, -0.05) is 6.07 Å². The van der Waals surface area contributed by atoms with Crippen molar-refractivity contribution in [3.8, 4) is 5.75 Å². The van der Waals surface area contributed by atoms with E-state index in [0.717, 1.165) is 0 Å². The SMILES string of the molecule is NCCCn1c(Cl)nc2cccc(O)c2c1=O. The topological polar surface area (TPSA) is 81.1 Å². The summed E-state index contributed by atoms with van der Waals surface area (Å²) < 4.78 is 1.32. The van der Waals surface area contributed by atoms with Gasteiger partial charge in [0.05, 0.1) is 5.52 Å². The van der Waals surface area contributed by atoms with E-state index in [1.165, 1.54) is 10.6 Å². The third-order valence-corrected chi connectivity index (χ3v) is 2.79. The molecule has 0 unspecified atom stereocenters.